The Morgan fingerprint density at radius 1 is 0.884 bits per heavy atom. The maximum absolute atomic E-state index is 14.2. The number of primary amides is 1. The van der Waals surface area contributed by atoms with Crippen LogP contribution in [0.2, 0.25) is 0 Å². The number of rotatable bonds is 9. The van der Waals surface area contributed by atoms with E-state index in [9.17, 15) is 24.3 Å². The number of benzene rings is 2. The first-order valence-electron chi connectivity index (χ1n) is 15.6. The summed E-state index contributed by atoms with van der Waals surface area (Å²) in [5, 5.41) is 16.4. The molecule has 0 radical (unpaired) electrons. The number of aliphatic hydroxyl groups is 1. The molecule has 1 aliphatic heterocycles. The van der Waals surface area contributed by atoms with Gasteiger partial charge >= 0.3 is 0 Å². The molecular formula is C34H42N4O5. The largest absolute Gasteiger partial charge is 0.391 e. The van der Waals surface area contributed by atoms with Crippen molar-refractivity contribution in [2.75, 3.05) is 6.54 Å². The first kappa shape index (κ1) is 29.4. The van der Waals surface area contributed by atoms with E-state index in [1.54, 1.807) is 0 Å². The molecule has 0 spiro atoms. The van der Waals surface area contributed by atoms with Crippen molar-refractivity contribution in [3.63, 3.8) is 0 Å². The molecule has 0 unspecified atom stereocenters. The summed E-state index contributed by atoms with van der Waals surface area (Å²) in [6.07, 6.45) is 5.64. The number of amides is 4. The van der Waals surface area contributed by atoms with E-state index >= 15 is 0 Å². The molecule has 4 bridgehead atoms. The van der Waals surface area contributed by atoms with Crippen LogP contribution in [0.5, 0.6) is 0 Å². The van der Waals surface area contributed by atoms with E-state index in [0.717, 1.165) is 36.0 Å². The number of likely N-dealkylation sites (tertiary alicyclic amines) is 1. The molecule has 1 saturated heterocycles. The van der Waals surface area contributed by atoms with Crippen LogP contribution in [-0.2, 0) is 25.6 Å². The number of nitrogens with two attached hydrogens (primary N) is 1. The van der Waals surface area contributed by atoms with Crippen LogP contribution in [0.4, 0.5) is 0 Å². The summed E-state index contributed by atoms with van der Waals surface area (Å²) < 4.78 is 0. The monoisotopic (exact) mass is 586 g/mol. The van der Waals surface area contributed by atoms with Crippen molar-refractivity contribution in [1.29, 1.82) is 0 Å². The zero-order valence-corrected chi connectivity index (χ0v) is 24.7. The molecule has 7 rings (SSSR count). The van der Waals surface area contributed by atoms with Gasteiger partial charge in [-0.3, -0.25) is 19.2 Å². The predicted molar refractivity (Wildman–Crippen MR) is 161 cm³/mol. The summed E-state index contributed by atoms with van der Waals surface area (Å²) in [6.45, 7) is 1.43. The van der Waals surface area contributed by atoms with Crippen molar-refractivity contribution in [2.24, 2.45) is 28.9 Å². The summed E-state index contributed by atoms with van der Waals surface area (Å²) in [5.74, 6) is -0.101. The van der Waals surface area contributed by atoms with Gasteiger partial charge in [-0.15, -0.1) is 0 Å². The third kappa shape index (κ3) is 6.05. The molecule has 4 saturated carbocycles. The molecule has 1 heterocycles. The van der Waals surface area contributed by atoms with E-state index in [1.165, 1.54) is 31.1 Å². The molecule has 9 heteroatoms. The topological polar surface area (TPSA) is 142 Å². The van der Waals surface area contributed by atoms with Crippen molar-refractivity contribution in [2.45, 2.75) is 82.5 Å². The summed E-state index contributed by atoms with van der Waals surface area (Å²) in [5.41, 5.74) is 8.33. The van der Waals surface area contributed by atoms with Crippen LogP contribution in [0.1, 0.15) is 57.4 Å². The average molecular weight is 587 g/mol. The molecule has 9 nitrogen and oxygen atoms in total. The Balaban J connectivity index is 1.17. The van der Waals surface area contributed by atoms with Crippen LogP contribution in [0, 0.1) is 23.2 Å². The van der Waals surface area contributed by atoms with Gasteiger partial charge in [-0.25, -0.2) is 0 Å². The van der Waals surface area contributed by atoms with Gasteiger partial charge in [0.15, 0.2) is 0 Å². The molecule has 2 aromatic carbocycles. The molecule has 2 aromatic rings. The molecule has 228 valence electrons. The number of carbonyl (C=O) groups is 4. The minimum Gasteiger partial charge on any atom is -0.391 e. The van der Waals surface area contributed by atoms with Gasteiger partial charge in [-0.1, -0.05) is 54.6 Å². The lowest BCUT2D eigenvalue weighted by Crippen LogP contribution is -2.64. The van der Waals surface area contributed by atoms with E-state index < -0.39 is 36.0 Å². The fourth-order valence-electron chi connectivity index (χ4n) is 8.87. The Kier molecular flexibility index (Phi) is 8.02. The standard InChI is InChI=1S/C34H42N4O5/c1-20(39)36-30(34-16-22-11-23(17-34)13-24(12-22)18-34)33(43)38-19-27(40)15-29(38)32(42)37-28(31(35)41)14-21-7-9-26(10-8-21)25-5-3-2-4-6-25/h2-10,22-24,27-30,40H,11-19H2,1H3,(H2,35,41)(H,36,39)(H,37,42)/t22?,23?,24?,27-,28-,29+,30-,34?/m1/s1. The van der Waals surface area contributed by atoms with Gasteiger partial charge in [-0.05, 0) is 73.0 Å². The number of carbonyl (C=O) groups excluding carboxylic acids is 4. The minimum absolute atomic E-state index is 0.00154. The Hall–Kier alpha value is -3.72. The molecule has 4 amide bonds. The zero-order valence-electron chi connectivity index (χ0n) is 24.7. The molecule has 4 atom stereocenters. The Morgan fingerprint density at radius 3 is 2.02 bits per heavy atom. The second-order valence-corrected chi connectivity index (χ2v) is 13.5. The average Bonchev–Trinajstić information content (AvgIpc) is 3.37. The Bertz CT molecular complexity index is 1340. The van der Waals surface area contributed by atoms with Gasteiger partial charge in [0.05, 0.1) is 6.10 Å². The Labute approximate surface area is 252 Å². The predicted octanol–water partition coefficient (Wildman–Crippen LogP) is 2.55. The lowest BCUT2D eigenvalue weighted by atomic mass is 9.47. The minimum atomic E-state index is -0.987. The van der Waals surface area contributed by atoms with E-state index in [4.69, 9.17) is 5.73 Å². The summed E-state index contributed by atoms with van der Waals surface area (Å²) in [4.78, 5) is 54.1. The molecule has 0 aromatic heterocycles. The fourth-order valence-corrected chi connectivity index (χ4v) is 8.87. The number of hydrogen-bond donors (Lipinski definition) is 4. The summed E-state index contributed by atoms with van der Waals surface area (Å²) in [6, 6.07) is 15.0. The van der Waals surface area contributed by atoms with Crippen LogP contribution in [0.3, 0.4) is 0 Å². The van der Waals surface area contributed by atoms with Crippen molar-refractivity contribution in [3.05, 3.63) is 60.2 Å². The maximum atomic E-state index is 14.2. The fraction of sp³-hybridized carbons (Fsp3) is 0.529. The third-order valence-electron chi connectivity index (χ3n) is 10.3. The third-order valence-corrected chi connectivity index (χ3v) is 10.3. The lowest BCUT2D eigenvalue weighted by Gasteiger charge is -2.59. The molecule has 5 N–H and O–H groups in total. The molecule has 5 fully saturated rings. The van der Waals surface area contributed by atoms with Crippen LogP contribution in [-0.4, -0.2) is 64.4 Å². The molecule has 43 heavy (non-hydrogen) atoms. The van der Waals surface area contributed by atoms with E-state index in [0.29, 0.717) is 17.8 Å². The van der Waals surface area contributed by atoms with E-state index in [2.05, 4.69) is 10.6 Å². The number of nitrogens with one attached hydrogen (secondary N) is 2. The van der Waals surface area contributed by atoms with Gasteiger partial charge < -0.3 is 26.4 Å². The first-order chi connectivity index (χ1) is 20.6. The number of aliphatic hydroxyl groups excluding tert-OH is 1. The quantitative estimate of drug-likeness (QED) is 0.357. The highest BCUT2D eigenvalue weighted by molar-refractivity contribution is 5.95. The lowest BCUT2D eigenvalue weighted by molar-refractivity contribution is -0.152. The van der Waals surface area contributed by atoms with E-state index in [1.807, 2.05) is 54.6 Å². The number of hydrogen-bond acceptors (Lipinski definition) is 5. The second kappa shape index (κ2) is 11.8. The second-order valence-electron chi connectivity index (χ2n) is 13.5. The number of nitrogens with zero attached hydrogens (tertiary/aromatic N) is 1. The van der Waals surface area contributed by atoms with Gasteiger partial charge in [0, 0.05) is 31.7 Å². The first-order valence-corrected chi connectivity index (χ1v) is 15.6. The van der Waals surface area contributed by atoms with Crippen molar-refractivity contribution < 1.29 is 24.3 Å². The zero-order chi connectivity index (χ0) is 30.3. The molecular weight excluding hydrogens is 544 g/mol. The van der Waals surface area contributed by atoms with Crippen LogP contribution in [0.25, 0.3) is 11.1 Å². The highest BCUT2D eigenvalue weighted by Gasteiger charge is 2.58. The Morgan fingerprint density at radius 2 is 1.47 bits per heavy atom. The smallest absolute Gasteiger partial charge is 0.246 e. The van der Waals surface area contributed by atoms with E-state index in [-0.39, 0.29) is 36.6 Å². The highest BCUT2D eigenvalue weighted by Crippen LogP contribution is 2.61. The van der Waals surface area contributed by atoms with Crippen LogP contribution in [0.15, 0.2) is 54.6 Å². The normalized spacial score (nSPS) is 30.5. The van der Waals surface area contributed by atoms with Gasteiger partial charge in [-0.2, -0.15) is 0 Å². The van der Waals surface area contributed by atoms with Crippen LogP contribution < -0.4 is 16.4 Å². The van der Waals surface area contributed by atoms with Gasteiger partial charge in [0.1, 0.15) is 18.1 Å². The molecule has 5 aliphatic rings. The summed E-state index contributed by atoms with van der Waals surface area (Å²) >= 11 is 0. The maximum Gasteiger partial charge on any atom is 0.246 e. The van der Waals surface area contributed by atoms with Crippen LogP contribution >= 0.6 is 0 Å². The van der Waals surface area contributed by atoms with Gasteiger partial charge in [0.2, 0.25) is 23.6 Å². The highest BCUT2D eigenvalue weighted by atomic mass is 16.3. The van der Waals surface area contributed by atoms with Crippen molar-refractivity contribution in [3.8, 4) is 11.1 Å². The SMILES string of the molecule is CC(=O)N[C@H](C(=O)N1C[C@H](O)C[C@H]1C(=O)N[C@H](Cc1ccc(-c2ccccc2)cc1)C(N)=O)C12CC3CC(CC(C3)C1)C2. The van der Waals surface area contributed by atoms with Crippen molar-refractivity contribution >= 4 is 23.6 Å². The number of β-amino-alcohol motifs (C(OH)–C–C–N with tert-alkyl or cyclic N) is 1. The van der Waals surface area contributed by atoms with Gasteiger partial charge in [0.25, 0.3) is 0 Å². The van der Waals surface area contributed by atoms with Crippen molar-refractivity contribution in [1.82, 2.24) is 15.5 Å². The molecule has 4 aliphatic carbocycles. The summed E-state index contributed by atoms with van der Waals surface area (Å²) in [7, 11) is 0.